The van der Waals surface area contributed by atoms with Crippen molar-refractivity contribution in [3.63, 3.8) is 0 Å². The highest BCUT2D eigenvalue weighted by Gasteiger charge is 2.34. The van der Waals surface area contributed by atoms with Gasteiger partial charge < -0.3 is 85.1 Å². The summed E-state index contributed by atoms with van der Waals surface area (Å²) >= 11 is 0. The van der Waals surface area contributed by atoms with Gasteiger partial charge in [-0.05, 0) is 228 Å². The van der Waals surface area contributed by atoms with Crippen LogP contribution in [0.5, 0.6) is 0 Å². The molecular formula is C108H136N28O6. The highest BCUT2D eigenvalue weighted by molar-refractivity contribution is 6.14. The molecule has 0 amide bonds. The minimum absolute atomic E-state index is 0.0215. The number of hydrogen-bond acceptors (Lipinski definition) is 34. The molecule has 744 valence electrons. The van der Waals surface area contributed by atoms with Crippen LogP contribution in [-0.2, 0) is 0 Å². The third-order valence-corrected chi connectivity index (χ3v) is 25.8. The summed E-state index contributed by atoms with van der Waals surface area (Å²) in [5.74, 6) is 7.76. The molecular weight excluding hydrogens is 1790 g/mol. The van der Waals surface area contributed by atoms with Gasteiger partial charge in [-0.1, -0.05) is 98.7 Å². The second-order valence-corrected chi connectivity index (χ2v) is 39.3. The molecule has 18 rings (SSSR count). The number of nitrogens with zero attached hydrogens (tertiary/aromatic N) is 18. The molecule has 34 heteroatoms. The Balaban J connectivity index is 0.000000143. The zero-order valence-electron chi connectivity index (χ0n) is 83.5. The van der Waals surface area contributed by atoms with Gasteiger partial charge in [-0.15, -0.1) is 0 Å². The van der Waals surface area contributed by atoms with Crippen molar-refractivity contribution < 1.29 is 28.8 Å². The molecule has 0 aliphatic carbocycles. The van der Waals surface area contributed by atoms with Crippen molar-refractivity contribution in [1.29, 1.82) is 0 Å². The molecule has 34 nitrogen and oxygen atoms in total. The van der Waals surface area contributed by atoms with Crippen LogP contribution in [0.3, 0.4) is 0 Å². The van der Waals surface area contributed by atoms with Gasteiger partial charge in [0, 0.05) is 165 Å². The Labute approximate surface area is 832 Å². The van der Waals surface area contributed by atoms with E-state index in [-0.39, 0.29) is 80.6 Å². The molecule has 6 fully saturated rings. The predicted molar refractivity (Wildman–Crippen MR) is 564 cm³/mol. The molecule has 0 radical (unpaired) electrons. The molecule has 0 aromatic carbocycles. The Bertz CT molecular complexity index is 6310. The topological polar surface area (TPSA) is 481 Å². The monoisotopic (exact) mass is 1920 g/mol. The minimum atomic E-state index is -0.202. The van der Waals surface area contributed by atoms with E-state index in [4.69, 9.17) is 34.4 Å². The fourth-order valence-corrected chi connectivity index (χ4v) is 17.9. The normalized spacial score (nSPS) is 18.4. The molecule has 6 aliphatic heterocycles. The van der Waals surface area contributed by atoms with Gasteiger partial charge in [0.1, 0.15) is 104 Å². The largest absolute Gasteiger partial charge is 0.383 e. The molecule has 0 spiro atoms. The SMILES string of the molecule is CC(C)(C)[C@H]1CN(c2cccc(C(=O)c3cccnc3N)n2)CCN1.CC(C)C[C@H]1CN(c2cccc(C(=O)c3cccnc3N)n2)CCN1.CC(C)[C@@H]1CN(c2cccc(C(=O)c3cccnc3N)n2)CCN1.CC1(C)CN(c2cccc(C(=O)c3cccnc3N)n2)CCN1.C[C@@H]1CCCN(c2cccc(C(=O)c3cccnc3N)n2)C1.C[C@@H]1CC[C@H](C)N(c2cccc(C(=O)c3cccnc3N)n2)C1. The van der Waals surface area contributed by atoms with E-state index in [1.54, 1.807) is 146 Å². The number of hydrogen-bond donors (Lipinski definition) is 10. The number of piperazine rings is 4. The van der Waals surface area contributed by atoms with Crippen LogP contribution in [0.1, 0.15) is 212 Å². The lowest BCUT2D eigenvalue weighted by molar-refractivity contribution is 0.102. The second kappa shape index (κ2) is 48.9. The number of ketones is 6. The van der Waals surface area contributed by atoms with E-state index in [2.05, 4.69) is 194 Å². The third kappa shape index (κ3) is 28.1. The van der Waals surface area contributed by atoms with E-state index >= 15 is 0 Å². The standard InChI is InChI=1S/2C19H25N5O.C18H23N5O.C18H22N4O.C17H21N5O.C17H20N4O/c1-19(2,3)15-12-24(11-10-21-15)16-8-4-7-14(23-16)17(25)13-6-5-9-22-18(13)20;1-13(2)11-14-12-24(10-9-21-14)17-7-3-6-16(23-17)18(25)15-5-4-8-22-19(15)20;1-12(2)15-11-23(10-9-20-15)16-7-3-6-14(22-16)17(24)13-5-4-8-21-18(13)19;1-12-8-9-13(2)22(11-12)16-7-3-6-15(21-16)17(23)14-5-4-10-20-18(14)19;1-17(2)11-22(10-9-20-17)14-7-3-6-13(21-14)15(23)12-5-4-8-19-16(12)18;1-12-5-4-10-21(11-12)15-8-2-7-14(20-15)16(22)13-6-3-9-19-17(13)18/h4-9,15,21H,10-12H2,1-3H3,(H2,20,22);3-8,13-14,21H,9-12H2,1-2H3,(H2,20,22);3-8,12,15,20H,9-11H2,1-2H3,(H2,19,21);3-7,10,12-13H,8-9,11H2,1-2H3,(H2,19,20);3-8,20H,9-11H2,1-2H3,(H2,18,19);2-3,6-9,12H,4-5,10-11H2,1H3,(H2,18,19)/t15-;14-;15-;12-,13+;;12-/m1001.1/s1. The highest BCUT2D eigenvalue weighted by atomic mass is 16.1. The second-order valence-electron chi connectivity index (χ2n) is 39.3. The molecule has 142 heavy (non-hydrogen) atoms. The lowest BCUT2D eigenvalue weighted by Crippen LogP contribution is -2.57. The van der Waals surface area contributed by atoms with Gasteiger partial charge in [-0.2, -0.15) is 0 Å². The first-order valence-electron chi connectivity index (χ1n) is 48.9. The van der Waals surface area contributed by atoms with Gasteiger partial charge >= 0.3 is 0 Å². The van der Waals surface area contributed by atoms with Crippen molar-refractivity contribution in [3.8, 4) is 0 Å². The van der Waals surface area contributed by atoms with Crippen LogP contribution in [0.15, 0.2) is 219 Å². The summed E-state index contributed by atoms with van der Waals surface area (Å²) in [4.78, 5) is 141. The Morgan fingerprint density at radius 2 is 0.676 bits per heavy atom. The molecule has 0 bridgehead atoms. The highest BCUT2D eigenvalue weighted by Crippen LogP contribution is 2.32. The van der Waals surface area contributed by atoms with Crippen LogP contribution in [-0.4, -0.2) is 222 Å². The average Bonchev–Trinajstić information content (AvgIpc) is 0.784. The van der Waals surface area contributed by atoms with Crippen molar-refractivity contribution in [2.75, 3.05) is 162 Å². The van der Waals surface area contributed by atoms with Crippen LogP contribution in [0.25, 0.3) is 0 Å². The number of nitrogen functional groups attached to an aromatic ring is 6. The maximum Gasteiger partial charge on any atom is 0.215 e. The number of piperidine rings is 2. The first-order valence-corrected chi connectivity index (χ1v) is 48.9. The molecule has 0 saturated carbocycles. The number of nitrogens with two attached hydrogens (primary N) is 6. The lowest BCUT2D eigenvalue weighted by atomic mass is 9.85. The van der Waals surface area contributed by atoms with Crippen LogP contribution in [0, 0.1) is 29.1 Å². The van der Waals surface area contributed by atoms with E-state index in [9.17, 15) is 28.8 Å². The molecule has 18 heterocycles. The van der Waals surface area contributed by atoms with E-state index in [0.29, 0.717) is 115 Å². The number of carbonyl (C=O) groups is 6. The number of aromatic nitrogens is 12. The smallest absolute Gasteiger partial charge is 0.215 e. The van der Waals surface area contributed by atoms with Crippen molar-refractivity contribution in [3.05, 3.63) is 287 Å². The Hall–Kier alpha value is -14.7. The number of carbonyl (C=O) groups excluding carboxylic acids is 6. The van der Waals surface area contributed by atoms with Crippen molar-refractivity contribution >= 4 is 105 Å². The van der Waals surface area contributed by atoms with Crippen LogP contribution >= 0.6 is 0 Å². The van der Waals surface area contributed by atoms with E-state index in [1.807, 2.05) is 72.8 Å². The van der Waals surface area contributed by atoms with Crippen molar-refractivity contribution in [1.82, 2.24) is 81.1 Å². The predicted octanol–water partition coefficient (Wildman–Crippen LogP) is 12.9. The van der Waals surface area contributed by atoms with Gasteiger partial charge in [0.25, 0.3) is 0 Å². The van der Waals surface area contributed by atoms with Gasteiger partial charge in [-0.25, -0.2) is 59.8 Å². The van der Waals surface area contributed by atoms with Gasteiger partial charge in [-0.3, -0.25) is 28.8 Å². The molecule has 6 saturated heterocycles. The average molecular weight is 1920 g/mol. The summed E-state index contributed by atoms with van der Waals surface area (Å²) in [5, 5.41) is 14.1. The Kier molecular flexibility index (Phi) is 36.0. The fourth-order valence-electron chi connectivity index (χ4n) is 17.9. The number of pyridine rings is 12. The fraction of sp³-hybridized carbons (Fsp3) is 0.389. The van der Waals surface area contributed by atoms with Crippen molar-refractivity contribution in [2.24, 2.45) is 29.1 Å². The summed E-state index contributed by atoms with van der Waals surface area (Å²) in [6.07, 6.45) is 15.4. The van der Waals surface area contributed by atoms with Gasteiger partial charge in [0.2, 0.25) is 34.7 Å². The maximum atomic E-state index is 12.7. The first-order chi connectivity index (χ1) is 68.1. The molecule has 16 N–H and O–H groups in total. The summed E-state index contributed by atoms with van der Waals surface area (Å²) in [7, 11) is 0. The van der Waals surface area contributed by atoms with Crippen LogP contribution < -0.4 is 85.1 Å². The molecule has 6 aliphatic rings. The maximum absolute atomic E-state index is 12.7. The number of rotatable bonds is 21. The number of anilines is 12. The molecule has 6 atom stereocenters. The quantitative estimate of drug-likeness (QED) is 0.0299. The van der Waals surface area contributed by atoms with Gasteiger partial charge in [0.05, 0.1) is 33.4 Å². The summed E-state index contributed by atoms with van der Waals surface area (Å²) in [6.45, 7) is 40.2. The number of nitrogens with one attached hydrogen (secondary N) is 4. The van der Waals surface area contributed by atoms with E-state index in [0.717, 1.165) is 152 Å². The van der Waals surface area contributed by atoms with E-state index in [1.165, 1.54) is 12.8 Å². The first kappa shape index (κ1) is 105. The van der Waals surface area contributed by atoms with Crippen molar-refractivity contribution in [2.45, 2.75) is 145 Å². The molecule has 12 aromatic rings. The Morgan fingerprint density at radius 3 is 1.02 bits per heavy atom. The lowest BCUT2D eigenvalue weighted by Gasteiger charge is -2.41. The molecule has 12 aromatic heterocycles. The summed E-state index contributed by atoms with van der Waals surface area (Å²) in [5.41, 5.74) is 39.8. The third-order valence-electron chi connectivity index (χ3n) is 25.8. The summed E-state index contributed by atoms with van der Waals surface area (Å²) < 4.78 is 0. The zero-order valence-corrected chi connectivity index (χ0v) is 83.5. The Morgan fingerprint density at radius 1 is 0.359 bits per heavy atom. The minimum Gasteiger partial charge on any atom is -0.383 e. The van der Waals surface area contributed by atoms with Crippen LogP contribution in [0.2, 0.25) is 0 Å². The van der Waals surface area contributed by atoms with Gasteiger partial charge in [0.15, 0.2) is 0 Å². The molecule has 0 unspecified atom stereocenters. The summed E-state index contributed by atoms with van der Waals surface area (Å²) in [6, 6.07) is 55.3. The zero-order chi connectivity index (χ0) is 101. The van der Waals surface area contributed by atoms with E-state index < -0.39 is 0 Å². The van der Waals surface area contributed by atoms with Crippen LogP contribution in [0.4, 0.5) is 69.8 Å².